The quantitative estimate of drug-likeness (QED) is 0.475. The minimum Gasteiger partial charge on any atom is -0.320 e. The van der Waals surface area contributed by atoms with Gasteiger partial charge in [-0.1, -0.05) is 32.6 Å². The second-order valence-corrected chi connectivity index (χ2v) is 4.48. The summed E-state index contributed by atoms with van der Waals surface area (Å²) >= 11 is 1.87. The number of thioether (sulfide) groups is 1. The van der Waals surface area contributed by atoms with Crippen molar-refractivity contribution >= 4 is 11.8 Å². The summed E-state index contributed by atoms with van der Waals surface area (Å²) in [5.74, 6) is 1.24. The fourth-order valence-electron chi connectivity index (χ4n) is 0.975. The molecule has 0 radical (unpaired) electrons. The Hall–Kier alpha value is 0.310. The molecule has 0 spiro atoms. The zero-order chi connectivity index (χ0) is 8.53. The maximum atomic E-state index is 5.60. The molecular formula is C9H21NS. The molecule has 0 rings (SSSR count). The van der Waals surface area contributed by atoms with Gasteiger partial charge in [0.15, 0.2) is 0 Å². The minimum atomic E-state index is 0.321. The van der Waals surface area contributed by atoms with E-state index < -0.39 is 0 Å². The Kier molecular flexibility index (Phi) is 8.64. The zero-order valence-electron chi connectivity index (χ0n) is 7.81. The van der Waals surface area contributed by atoms with Crippen LogP contribution in [0.25, 0.3) is 0 Å². The molecule has 1 nitrogen and oxygen atoms in total. The third-order valence-electron chi connectivity index (χ3n) is 1.63. The second-order valence-electron chi connectivity index (χ2n) is 2.99. The topological polar surface area (TPSA) is 26.0 Å². The summed E-state index contributed by atoms with van der Waals surface area (Å²) in [6, 6.07) is 0. The zero-order valence-corrected chi connectivity index (χ0v) is 8.62. The monoisotopic (exact) mass is 175 g/mol. The van der Waals surface area contributed by atoms with Gasteiger partial charge in [-0.3, -0.25) is 0 Å². The first-order chi connectivity index (χ1) is 5.27. The minimum absolute atomic E-state index is 0.321. The molecule has 0 bridgehead atoms. The fourth-order valence-corrected chi connectivity index (χ4v) is 1.72. The summed E-state index contributed by atoms with van der Waals surface area (Å²) in [6.07, 6.45) is 6.85. The van der Waals surface area contributed by atoms with Crippen LogP contribution in [0.3, 0.4) is 0 Å². The van der Waals surface area contributed by atoms with E-state index in [1.54, 1.807) is 0 Å². The molecule has 0 aliphatic carbocycles. The van der Waals surface area contributed by atoms with Gasteiger partial charge < -0.3 is 5.73 Å². The standard InChI is InChI=1S/C9H21NS/c1-3-4-5-6-7-8-11-9(2)10/h9H,3-8,10H2,1-2H3. The van der Waals surface area contributed by atoms with E-state index in [1.165, 1.54) is 37.9 Å². The fraction of sp³-hybridized carbons (Fsp3) is 1.00. The van der Waals surface area contributed by atoms with Crippen molar-refractivity contribution < 1.29 is 0 Å². The van der Waals surface area contributed by atoms with E-state index in [2.05, 4.69) is 13.8 Å². The van der Waals surface area contributed by atoms with E-state index in [4.69, 9.17) is 5.73 Å². The lowest BCUT2D eigenvalue weighted by molar-refractivity contribution is 0.659. The average molecular weight is 175 g/mol. The highest BCUT2D eigenvalue weighted by Gasteiger charge is 1.93. The number of nitrogens with two attached hydrogens (primary N) is 1. The van der Waals surface area contributed by atoms with Crippen LogP contribution in [0.15, 0.2) is 0 Å². The summed E-state index contributed by atoms with van der Waals surface area (Å²) in [5.41, 5.74) is 5.60. The van der Waals surface area contributed by atoms with Crippen LogP contribution in [0.4, 0.5) is 0 Å². The number of hydrogen-bond donors (Lipinski definition) is 1. The van der Waals surface area contributed by atoms with Crippen molar-refractivity contribution in [3.63, 3.8) is 0 Å². The van der Waals surface area contributed by atoms with E-state index in [1.807, 2.05) is 11.8 Å². The predicted octanol–water partition coefficient (Wildman–Crippen LogP) is 2.99. The smallest absolute Gasteiger partial charge is 0.0478 e. The lowest BCUT2D eigenvalue weighted by Crippen LogP contribution is -2.09. The molecule has 0 aromatic heterocycles. The second kappa shape index (κ2) is 8.41. The molecule has 0 heterocycles. The van der Waals surface area contributed by atoms with Crippen molar-refractivity contribution in [2.75, 3.05) is 5.75 Å². The Morgan fingerprint density at radius 1 is 1.18 bits per heavy atom. The van der Waals surface area contributed by atoms with Crippen molar-refractivity contribution in [3.8, 4) is 0 Å². The highest BCUT2D eigenvalue weighted by Crippen LogP contribution is 2.10. The molecular weight excluding hydrogens is 154 g/mol. The van der Waals surface area contributed by atoms with E-state index in [9.17, 15) is 0 Å². The van der Waals surface area contributed by atoms with Crippen molar-refractivity contribution in [2.45, 2.75) is 51.3 Å². The van der Waals surface area contributed by atoms with E-state index in [0.717, 1.165) is 0 Å². The Morgan fingerprint density at radius 2 is 1.82 bits per heavy atom. The van der Waals surface area contributed by atoms with Gasteiger partial charge in [0.2, 0.25) is 0 Å². The highest BCUT2D eigenvalue weighted by molar-refractivity contribution is 7.99. The van der Waals surface area contributed by atoms with Crippen molar-refractivity contribution in [1.82, 2.24) is 0 Å². The largest absolute Gasteiger partial charge is 0.320 e. The van der Waals surface area contributed by atoms with Crippen LogP contribution in [0.2, 0.25) is 0 Å². The van der Waals surface area contributed by atoms with Crippen LogP contribution in [-0.4, -0.2) is 11.1 Å². The summed E-state index contributed by atoms with van der Waals surface area (Å²) in [4.78, 5) is 0. The molecule has 2 N–H and O–H groups in total. The van der Waals surface area contributed by atoms with Crippen LogP contribution in [-0.2, 0) is 0 Å². The molecule has 1 atom stereocenters. The Morgan fingerprint density at radius 3 is 2.36 bits per heavy atom. The van der Waals surface area contributed by atoms with Crippen molar-refractivity contribution in [2.24, 2.45) is 5.73 Å². The van der Waals surface area contributed by atoms with Gasteiger partial charge in [0.05, 0.1) is 0 Å². The Balaban J connectivity index is 2.80. The molecule has 0 fully saturated rings. The van der Waals surface area contributed by atoms with Crippen LogP contribution in [0.1, 0.15) is 46.0 Å². The molecule has 0 saturated heterocycles. The third kappa shape index (κ3) is 10.3. The van der Waals surface area contributed by atoms with Gasteiger partial charge in [0, 0.05) is 5.37 Å². The number of hydrogen-bond acceptors (Lipinski definition) is 2. The molecule has 0 saturated carbocycles. The van der Waals surface area contributed by atoms with Crippen molar-refractivity contribution in [3.05, 3.63) is 0 Å². The van der Waals surface area contributed by atoms with Gasteiger partial charge in [0.1, 0.15) is 0 Å². The lowest BCUT2D eigenvalue weighted by atomic mass is 10.2. The van der Waals surface area contributed by atoms with Crippen molar-refractivity contribution in [1.29, 1.82) is 0 Å². The molecule has 0 aromatic carbocycles. The predicted molar refractivity (Wildman–Crippen MR) is 54.9 cm³/mol. The van der Waals surface area contributed by atoms with Gasteiger partial charge in [-0.2, -0.15) is 0 Å². The van der Waals surface area contributed by atoms with Crippen LogP contribution in [0, 0.1) is 0 Å². The average Bonchev–Trinajstić information content (AvgIpc) is 1.96. The van der Waals surface area contributed by atoms with Crippen LogP contribution in [0.5, 0.6) is 0 Å². The van der Waals surface area contributed by atoms with Gasteiger partial charge in [-0.15, -0.1) is 11.8 Å². The molecule has 0 aromatic rings. The molecule has 0 aliphatic heterocycles. The molecule has 68 valence electrons. The van der Waals surface area contributed by atoms with Gasteiger partial charge >= 0.3 is 0 Å². The summed E-state index contributed by atoms with van der Waals surface area (Å²) in [5, 5.41) is 0.321. The molecule has 1 unspecified atom stereocenters. The summed E-state index contributed by atoms with van der Waals surface area (Å²) < 4.78 is 0. The Bertz CT molecular complexity index is 74.0. The Labute approximate surface area is 75.1 Å². The molecule has 0 amide bonds. The molecule has 11 heavy (non-hydrogen) atoms. The van der Waals surface area contributed by atoms with E-state index in [-0.39, 0.29) is 0 Å². The number of rotatable bonds is 7. The first-order valence-corrected chi connectivity index (χ1v) is 5.69. The van der Waals surface area contributed by atoms with Gasteiger partial charge in [-0.25, -0.2) is 0 Å². The number of unbranched alkanes of at least 4 members (excludes halogenated alkanes) is 4. The molecule has 0 aliphatic rings. The van der Waals surface area contributed by atoms with Crippen LogP contribution < -0.4 is 5.73 Å². The molecule has 2 heteroatoms. The highest BCUT2D eigenvalue weighted by atomic mass is 32.2. The first kappa shape index (κ1) is 11.3. The summed E-state index contributed by atoms with van der Waals surface area (Å²) in [7, 11) is 0. The maximum Gasteiger partial charge on any atom is 0.0478 e. The van der Waals surface area contributed by atoms with Gasteiger partial charge in [-0.05, 0) is 19.1 Å². The normalized spacial score (nSPS) is 13.4. The third-order valence-corrected chi connectivity index (χ3v) is 2.68. The SMILES string of the molecule is CCCCCCCSC(C)N. The van der Waals surface area contributed by atoms with E-state index >= 15 is 0 Å². The first-order valence-electron chi connectivity index (χ1n) is 4.64. The van der Waals surface area contributed by atoms with Gasteiger partial charge in [0.25, 0.3) is 0 Å². The van der Waals surface area contributed by atoms with Crippen LogP contribution >= 0.6 is 11.8 Å². The van der Waals surface area contributed by atoms with E-state index in [0.29, 0.717) is 5.37 Å². The summed E-state index contributed by atoms with van der Waals surface area (Å²) in [6.45, 7) is 4.30. The maximum absolute atomic E-state index is 5.60. The lowest BCUT2D eigenvalue weighted by Gasteiger charge is -2.03.